The number of allylic oxidation sites excluding steroid dienone is 1. The van der Waals surface area contributed by atoms with Gasteiger partial charge in [0, 0.05) is 6.08 Å². The topological polar surface area (TPSA) is 69.7 Å². The maximum absolute atomic E-state index is 11.4. The lowest BCUT2D eigenvalue weighted by molar-refractivity contribution is -0.139. The standard InChI is InChI=1S/C14H18O5S/c1-20(16,17)19-11-7-3-6-10-14(15)18-12-13-8-4-2-5-9-13/h2,4-6,8-10H,3,7,11-12H2,1H3/b10-6-. The summed E-state index contributed by atoms with van der Waals surface area (Å²) in [6, 6.07) is 9.39. The zero-order valence-corrected chi connectivity index (χ0v) is 12.1. The molecule has 0 N–H and O–H groups in total. The fraction of sp³-hybridized carbons (Fsp3) is 0.357. The number of carbonyl (C=O) groups is 1. The summed E-state index contributed by atoms with van der Waals surface area (Å²) >= 11 is 0. The fourth-order valence-electron chi connectivity index (χ4n) is 1.37. The van der Waals surface area contributed by atoms with Crippen molar-refractivity contribution in [2.45, 2.75) is 19.4 Å². The van der Waals surface area contributed by atoms with E-state index in [0.29, 0.717) is 12.8 Å². The first-order valence-corrected chi connectivity index (χ1v) is 8.00. The molecule has 0 amide bonds. The Balaban J connectivity index is 2.14. The summed E-state index contributed by atoms with van der Waals surface area (Å²) < 4.78 is 31.0. The second-order valence-electron chi connectivity index (χ2n) is 4.16. The average molecular weight is 298 g/mol. The zero-order valence-electron chi connectivity index (χ0n) is 11.3. The number of ether oxygens (including phenoxy) is 1. The van der Waals surface area contributed by atoms with Crippen LogP contribution in [0, 0.1) is 0 Å². The van der Waals surface area contributed by atoms with Gasteiger partial charge in [-0.3, -0.25) is 4.18 Å². The first-order valence-electron chi connectivity index (χ1n) is 6.19. The van der Waals surface area contributed by atoms with E-state index in [4.69, 9.17) is 4.74 Å². The second kappa shape index (κ2) is 8.50. The van der Waals surface area contributed by atoms with Crippen molar-refractivity contribution in [1.82, 2.24) is 0 Å². The summed E-state index contributed by atoms with van der Waals surface area (Å²) in [7, 11) is -3.38. The Morgan fingerprint density at radius 1 is 1.25 bits per heavy atom. The number of carbonyl (C=O) groups excluding carboxylic acids is 1. The maximum Gasteiger partial charge on any atom is 0.330 e. The summed E-state index contributed by atoms with van der Waals surface area (Å²) in [5, 5.41) is 0. The molecule has 110 valence electrons. The molecule has 0 atom stereocenters. The van der Waals surface area contributed by atoms with Crippen LogP contribution in [0.3, 0.4) is 0 Å². The second-order valence-corrected chi connectivity index (χ2v) is 5.81. The van der Waals surface area contributed by atoms with Crippen LogP contribution in [0.1, 0.15) is 18.4 Å². The van der Waals surface area contributed by atoms with Gasteiger partial charge in [0.05, 0.1) is 12.9 Å². The maximum atomic E-state index is 11.4. The highest BCUT2D eigenvalue weighted by Gasteiger charge is 2.00. The quantitative estimate of drug-likeness (QED) is 0.318. The highest BCUT2D eigenvalue weighted by Crippen LogP contribution is 2.01. The van der Waals surface area contributed by atoms with Crippen LogP contribution in [-0.4, -0.2) is 27.2 Å². The molecular formula is C14H18O5S. The SMILES string of the molecule is CS(=O)(=O)OCCC/C=C\C(=O)OCc1ccccc1. The number of hydrogen-bond acceptors (Lipinski definition) is 5. The van der Waals surface area contributed by atoms with Gasteiger partial charge in [-0.1, -0.05) is 36.4 Å². The predicted octanol–water partition coefficient (Wildman–Crippen LogP) is 2.04. The summed E-state index contributed by atoms with van der Waals surface area (Å²) in [6.45, 7) is 0.351. The molecule has 0 heterocycles. The largest absolute Gasteiger partial charge is 0.458 e. The van der Waals surface area contributed by atoms with E-state index in [9.17, 15) is 13.2 Å². The minimum absolute atomic E-state index is 0.113. The molecule has 0 radical (unpaired) electrons. The molecule has 0 unspecified atom stereocenters. The Kier molecular flexibility index (Phi) is 6.97. The molecule has 0 aliphatic carbocycles. The third kappa shape index (κ3) is 8.44. The fourth-order valence-corrected chi connectivity index (χ4v) is 1.79. The molecule has 0 aliphatic heterocycles. The van der Waals surface area contributed by atoms with E-state index in [-0.39, 0.29) is 13.2 Å². The Bertz CT molecular complexity index is 534. The van der Waals surface area contributed by atoms with Crippen molar-refractivity contribution < 1.29 is 22.1 Å². The highest BCUT2D eigenvalue weighted by atomic mass is 32.2. The van der Waals surface area contributed by atoms with E-state index in [1.165, 1.54) is 6.08 Å². The van der Waals surface area contributed by atoms with Gasteiger partial charge in [0.1, 0.15) is 6.61 Å². The van der Waals surface area contributed by atoms with Crippen LogP contribution < -0.4 is 0 Å². The van der Waals surface area contributed by atoms with Crippen LogP contribution in [-0.2, 0) is 30.4 Å². The van der Waals surface area contributed by atoms with Gasteiger partial charge in [-0.25, -0.2) is 4.79 Å². The first kappa shape index (κ1) is 16.4. The van der Waals surface area contributed by atoms with E-state index in [1.807, 2.05) is 30.3 Å². The molecule has 0 saturated carbocycles. The monoisotopic (exact) mass is 298 g/mol. The van der Waals surface area contributed by atoms with Gasteiger partial charge in [-0.05, 0) is 18.4 Å². The van der Waals surface area contributed by atoms with Gasteiger partial charge in [-0.2, -0.15) is 8.42 Å². The zero-order chi connectivity index (χ0) is 14.8. The Labute approximate surface area is 119 Å². The van der Waals surface area contributed by atoms with Crippen molar-refractivity contribution >= 4 is 16.1 Å². The van der Waals surface area contributed by atoms with Crippen molar-refractivity contribution in [3.05, 3.63) is 48.0 Å². The molecule has 0 fully saturated rings. The average Bonchev–Trinajstić information content (AvgIpc) is 2.40. The number of unbranched alkanes of at least 4 members (excludes halogenated alkanes) is 1. The van der Waals surface area contributed by atoms with Crippen LogP contribution in [0.4, 0.5) is 0 Å². The molecule has 0 spiro atoms. The minimum atomic E-state index is -3.38. The smallest absolute Gasteiger partial charge is 0.330 e. The number of rotatable bonds is 8. The number of esters is 1. The van der Waals surface area contributed by atoms with Crippen molar-refractivity contribution in [3.63, 3.8) is 0 Å². The lowest BCUT2D eigenvalue weighted by atomic mass is 10.2. The summed E-state index contributed by atoms with van der Waals surface area (Å²) in [6.07, 6.45) is 5.05. The molecule has 20 heavy (non-hydrogen) atoms. The number of hydrogen-bond donors (Lipinski definition) is 0. The van der Waals surface area contributed by atoms with E-state index in [2.05, 4.69) is 4.18 Å². The van der Waals surface area contributed by atoms with Crippen molar-refractivity contribution in [2.24, 2.45) is 0 Å². The van der Waals surface area contributed by atoms with Crippen LogP contribution in [0.2, 0.25) is 0 Å². The Hall–Kier alpha value is -1.66. The molecule has 0 saturated heterocycles. The Morgan fingerprint density at radius 2 is 1.95 bits per heavy atom. The molecule has 1 aromatic carbocycles. The molecule has 6 heteroatoms. The molecular weight excluding hydrogens is 280 g/mol. The number of benzene rings is 1. The summed E-state index contributed by atoms with van der Waals surface area (Å²) in [4.78, 5) is 11.4. The van der Waals surface area contributed by atoms with E-state index in [0.717, 1.165) is 11.8 Å². The predicted molar refractivity (Wildman–Crippen MR) is 75.4 cm³/mol. The normalized spacial score (nSPS) is 11.7. The van der Waals surface area contributed by atoms with Gasteiger partial charge >= 0.3 is 5.97 Å². The third-order valence-electron chi connectivity index (χ3n) is 2.29. The molecule has 0 aromatic heterocycles. The summed E-state index contributed by atoms with van der Waals surface area (Å²) in [5.74, 6) is -0.419. The van der Waals surface area contributed by atoms with Gasteiger partial charge in [-0.15, -0.1) is 0 Å². The lowest BCUT2D eigenvalue weighted by Crippen LogP contribution is -2.03. The molecule has 1 rings (SSSR count). The molecule has 0 aliphatic rings. The Morgan fingerprint density at radius 3 is 2.60 bits per heavy atom. The van der Waals surface area contributed by atoms with E-state index >= 15 is 0 Å². The van der Waals surface area contributed by atoms with Gasteiger partial charge < -0.3 is 4.74 Å². The van der Waals surface area contributed by atoms with Crippen LogP contribution in [0.5, 0.6) is 0 Å². The van der Waals surface area contributed by atoms with Gasteiger partial charge in [0.2, 0.25) is 0 Å². The summed E-state index contributed by atoms with van der Waals surface area (Å²) in [5.41, 5.74) is 0.927. The van der Waals surface area contributed by atoms with E-state index < -0.39 is 16.1 Å². The van der Waals surface area contributed by atoms with Crippen molar-refractivity contribution in [2.75, 3.05) is 12.9 Å². The molecule has 1 aromatic rings. The van der Waals surface area contributed by atoms with Gasteiger partial charge in [0.15, 0.2) is 0 Å². The minimum Gasteiger partial charge on any atom is -0.458 e. The molecule has 0 bridgehead atoms. The van der Waals surface area contributed by atoms with Crippen LogP contribution >= 0.6 is 0 Å². The lowest BCUT2D eigenvalue weighted by Gasteiger charge is -2.01. The highest BCUT2D eigenvalue weighted by molar-refractivity contribution is 7.85. The molecule has 5 nitrogen and oxygen atoms in total. The van der Waals surface area contributed by atoms with Crippen LogP contribution in [0.25, 0.3) is 0 Å². The first-order chi connectivity index (χ1) is 9.47. The van der Waals surface area contributed by atoms with Crippen molar-refractivity contribution in [1.29, 1.82) is 0 Å². The van der Waals surface area contributed by atoms with Gasteiger partial charge in [0.25, 0.3) is 10.1 Å². The van der Waals surface area contributed by atoms with E-state index in [1.54, 1.807) is 6.08 Å². The van der Waals surface area contributed by atoms with Crippen LogP contribution in [0.15, 0.2) is 42.5 Å². The third-order valence-corrected chi connectivity index (χ3v) is 2.89. The van der Waals surface area contributed by atoms with Crippen molar-refractivity contribution in [3.8, 4) is 0 Å².